The Balaban J connectivity index is 1.91. The van der Waals surface area contributed by atoms with Crippen molar-refractivity contribution in [2.75, 3.05) is 46.5 Å². The molecule has 1 atom stereocenters. The Kier molecular flexibility index (Phi) is 10.1. The lowest BCUT2D eigenvalue weighted by molar-refractivity contribution is 0.00272. The van der Waals surface area contributed by atoms with Gasteiger partial charge in [0.15, 0.2) is 5.96 Å². The van der Waals surface area contributed by atoms with Crippen LogP contribution in [0.4, 0.5) is 0 Å². The normalized spacial score (nSPS) is 16.8. The number of aromatic nitrogens is 1. The molecular formula is C21H37N5O2. The number of morpholine rings is 1. The van der Waals surface area contributed by atoms with Gasteiger partial charge < -0.3 is 20.1 Å². The minimum Gasteiger partial charge on any atom is -0.478 e. The molecule has 1 aliphatic heterocycles. The Morgan fingerprint density at radius 3 is 2.64 bits per heavy atom. The standard InChI is InChI=1S/C21H37N5O2/c1-5-18(6-2)19(26-10-12-27-13-11-26)16-25-21(22-4)24-15-17-8-9-23-20(14-17)28-7-3/h8-9,14,18-19H,5-7,10-13,15-16H2,1-4H3,(H2,22,24,25). The Bertz CT molecular complexity index is 586. The van der Waals surface area contributed by atoms with E-state index in [4.69, 9.17) is 9.47 Å². The quantitative estimate of drug-likeness (QED) is 0.471. The van der Waals surface area contributed by atoms with Crippen molar-refractivity contribution in [3.05, 3.63) is 23.9 Å². The van der Waals surface area contributed by atoms with Crippen molar-refractivity contribution in [1.82, 2.24) is 20.5 Å². The van der Waals surface area contributed by atoms with Gasteiger partial charge in [-0.05, 0) is 24.5 Å². The summed E-state index contributed by atoms with van der Waals surface area (Å²) in [4.78, 5) is 11.2. The maximum absolute atomic E-state index is 5.54. The summed E-state index contributed by atoms with van der Waals surface area (Å²) in [6, 6.07) is 4.44. The molecule has 1 aliphatic rings. The van der Waals surface area contributed by atoms with E-state index in [0.29, 0.717) is 31.0 Å². The largest absolute Gasteiger partial charge is 0.478 e. The van der Waals surface area contributed by atoms with Crippen LogP contribution in [-0.2, 0) is 11.3 Å². The Morgan fingerprint density at radius 2 is 2.00 bits per heavy atom. The highest BCUT2D eigenvalue weighted by molar-refractivity contribution is 5.79. The maximum Gasteiger partial charge on any atom is 0.213 e. The number of aliphatic imine (C=N–C) groups is 1. The van der Waals surface area contributed by atoms with E-state index in [-0.39, 0.29) is 0 Å². The number of rotatable bonds is 10. The summed E-state index contributed by atoms with van der Waals surface area (Å²) < 4.78 is 11.0. The van der Waals surface area contributed by atoms with Gasteiger partial charge in [0.1, 0.15) is 0 Å². The topological polar surface area (TPSA) is 71.0 Å². The van der Waals surface area contributed by atoms with E-state index in [9.17, 15) is 0 Å². The summed E-state index contributed by atoms with van der Waals surface area (Å²) >= 11 is 0. The summed E-state index contributed by atoms with van der Waals surface area (Å²) in [6.45, 7) is 12.4. The third kappa shape index (κ3) is 6.95. The predicted molar refractivity (Wildman–Crippen MR) is 114 cm³/mol. The molecule has 0 bridgehead atoms. The van der Waals surface area contributed by atoms with Crippen LogP contribution in [0.25, 0.3) is 0 Å². The molecule has 1 aromatic heterocycles. The van der Waals surface area contributed by atoms with Crippen molar-refractivity contribution in [2.24, 2.45) is 10.9 Å². The summed E-state index contributed by atoms with van der Waals surface area (Å²) in [7, 11) is 1.81. The van der Waals surface area contributed by atoms with Crippen molar-refractivity contribution in [2.45, 2.75) is 46.2 Å². The van der Waals surface area contributed by atoms with E-state index in [1.54, 1.807) is 6.20 Å². The van der Waals surface area contributed by atoms with E-state index >= 15 is 0 Å². The number of nitrogens with one attached hydrogen (secondary N) is 2. The molecule has 28 heavy (non-hydrogen) atoms. The van der Waals surface area contributed by atoms with Gasteiger partial charge in [0, 0.05) is 51.5 Å². The average Bonchev–Trinajstić information content (AvgIpc) is 2.74. The molecule has 158 valence electrons. The second kappa shape index (κ2) is 12.6. The number of hydrogen-bond acceptors (Lipinski definition) is 5. The van der Waals surface area contributed by atoms with Gasteiger partial charge in [0.2, 0.25) is 5.88 Å². The van der Waals surface area contributed by atoms with E-state index in [2.05, 4.69) is 39.4 Å². The highest BCUT2D eigenvalue weighted by atomic mass is 16.5. The molecule has 1 unspecified atom stereocenters. The van der Waals surface area contributed by atoms with Crippen LogP contribution in [0.1, 0.15) is 39.2 Å². The first-order valence-corrected chi connectivity index (χ1v) is 10.6. The Hall–Kier alpha value is -1.86. The zero-order valence-electron chi connectivity index (χ0n) is 17.9. The number of pyridine rings is 1. The molecule has 0 radical (unpaired) electrons. The second-order valence-corrected chi connectivity index (χ2v) is 7.03. The first kappa shape index (κ1) is 22.4. The summed E-state index contributed by atoms with van der Waals surface area (Å²) in [5.74, 6) is 2.14. The predicted octanol–water partition coefficient (Wildman–Crippen LogP) is 2.28. The van der Waals surface area contributed by atoms with Crippen LogP contribution in [0.15, 0.2) is 23.3 Å². The van der Waals surface area contributed by atoms with Gasteiger partial charge in [0.25, 0.3) is 0 Å². The van der Waals surface area contributed by atoms with Gasteiger partial charge in [-0.1, -0.05) is 26.7 Å². The minimum atomic E-state index is 0.489. The van der Waals surface area contributed by atoms with E-state index in [1.807, 2.05) is 26.1 Å². The molecule has 2 rings (SSSR count). The highest BCUT2D eigenvalue weighted by Crippen LogP contribution is 2.19. The zero-order chi connectivity index (χ0) is 20.2. The lowest BCUT2D eigenvalue weighted by atomic mass is 9.92. The maximum atomic E-state index is 5.54. The molecule has 0 amide bonds. The first-order valence-electron chi connectivity index (χ1n) is 10.6. The van der Waals surface area contributed by atoms with Crippen LogP contribution in [0.3, 0.4) is 0 Å². The van der Waals surface area contributed by atoms with Crippen molar-refractivity contribution in [3.63, 3.8) is 0 Å². The van der Waals surface area contributed by atoms with Crippen LogP contribution < -0.4 is 15.4 Å². The zero-order valence-corrected chi connectivity index (χ0v) is 17.9. The average molecular weight is 392 g/mol. The first-order chi connectivity index (χ1) is 13.7. The molecule has 2 N–H and O–H groups in total. The SMILES string of the molecule is CCOc1cc(CNC(=NC)NCC(C(CC)CC)N2CCOCC2)ccn1. The molecule has 0 saturated carbocycles. The van der Waals surface area contributed by atoms with Crippen molar-refractivity contribution in [1.29, 1.82) is 0 Å². The fourth-order valence-electron chi connectivity index (χ4n) is 3.73. The monoisotopic (exact) mass is 391 g/mol. The third-order valence-corrected chi connectivity index (χ3v) is 5.36. The molecule has 1 saturated heterocycles. The molecule has 0 aliphatic carbocycles. The van der Waals surface area contributed by atoms with Crippen molar-refractivity contribution in [3.8, 4) is 5.88 Å². The molecule has 7 nitrogen and oxygen atoms in total. The van der Waals surface area contributed by atoms with Crippen LogP contribution in [-0.4, -0.2) is 68.4 Å². The molecule has 0 aromatic carbocycles. The summed E-state index contributed by atoms with van der Waals surface area (Å²) in [6.07, 6.45) is 4.15. The van der Waals surface area contributed by atoms with Gasteiger partial charge in [0.05, 0.1) is 19.8 Å². The minimum absolute atomic E-state index is 0.489. The van der Waals surface area contributed by atoms with Gasteiger partial charge in [-0.25, -0.2) is 4.98 Å². The number of guanidine groups is 1. The molecule has 7 heteroatoms. The number of ether oxygens (including phenoxy) is 2. The van der Waals surface area contributed by atoms with Crippen molar-refractivity contribution < 1.29 is 9.47 Å². The summed E-state index contributed by atoms with van der Waals surface area (Å²) in [5.41, 5.74) is 1.12. The highest BCUT2D eigenvalue weighted by Gasteiger charge is 2.26. The van der Waals surface area contributed by atoms with E-state index in [1.165, 1.54) is 12.8 Å². The Morgan fingerprint density at radius 1 is 1.25 bits per heavy atom. The lowest BCUT2D eigenvalue weighted by Crippen LogP contribution is -2.53. The van der Waals surface area contributed by atoms with Gasteiger partial charge in [-0.15, -0.1) is 0 Å². The van der Waals surface area contributed by atoms with Crippen LogP contribution in [0.2, 0.25) is 0 Å². The van der Waals surface area contributed by atoms with Gasteiger partial charge in [-0.2, -0.15) is 0 Å². The lowest BCUT2D eigenvalue weighted by Gasteiger charge is -2.39. The molecule has 1 aromatic rings. The van der Waals surface area contributed by atoms with Crippen LogP contribution in [0, 0.1) is 5.92 Å². The number of hydrogen-bond donors (Lipinski definition) is 2. The fraction of sp³-hybridized carbons (Fsp3) is 0.714. The summed E-state index contributed by atoms with van der Waals surface area (Å²) in [5, 5.41) is 6.94. The molecule has 2 heterocycles. The number of nitrogens with zero attached hydrogens (tertiary/aromatic N) is 3. The van der Waals surface area contributed by atoms with Gasteiger partial charge in [-0.3, -0.25) is 9.89 Å². The molecular weight excluding hydrogens is 354 g/mol. The van der Waals surface area contributed by atoms with Crippen LogP contribution in [0.5, 0.6) is 5.88 Å². The molecule has 0 spiro atoms. The van der Waals surface area contributed by atoms with Crippen LogP contribution >= 0.6 is 0 Å². The van der Waals surface area contributed by atoms with Gasteiger partial charge >= 0.3 is 0 Å². The molecule has 1 fully saturated rings. The third-order valence-electron chi connectivity index (χ3n) is 5.36. The Labute approximate surface area is 169 Å². The van der Waals surface area contributed by atoms with E-state index in [0.717, 1.165) is 44.4 Å². The van der Waals surface area contributed by atoms with Crippen molar-refractivity contribution >= 4 is 5.96 Å². The second-order valence-electron chi connectivity index (χ2n) is 7.03. The van der Waals surface area contributed by atoms with E-state index < -0.39 is 0 Å². The smallest absolute Gasteiger partial charge is 0.213 e. The fourth-order valence-corrected chi connectivity index (χ4v) is 3.73.